The highest BCUT2D eigenvalue weighted by Gasteiger charge is 2.20. The lowest BCUT2D eigenvalue weighted by molar-refractivity contribution is -0.142. The third kappa shape index (κ3) is 4.89. The summed E-state index contributed by atoms with van der Waals surface area (Å²) in [5.41, 5.74) is 8.41. The quantitative estimate of drug-likeness (QED) is 0.507. The van der Waals surface area contributed by atoms with Crippen LogP contribution in [0.4, 0.5) is 0 Å². The summed E-state index contributed by atoms with van der Waals surface area (Å²) in [5.74, 6) is -0.802. The summed E-state index contributed by atoms with van der Waals surface area (Å²) in [6.45, 7) is 3.40. The molecular formula is C10H21N3O3. The predicted molar refractivity (Wildman–Crippen MR) is 59.9 cm³/mol. The fraction of sp³-hybridized carbons (Fsp3) is 0.900. The summed E-state index contributed by atoms with van der Waals surface area (Å²) >= 11 is 0. The number of unbranched alkanes of at least 4 members (excludes halogenated alkanes) is 1. The number of nitrogens with one attached hydrogen (secondary N) is 1. The van der Waals surface area contributed by atoms with Crippen LogP contribution in [0.3, 0.4) is 0 Å². The highest BCUT2D eigenvalue weighted by molar-refractivity contribution is 5.73. The van der Waals surface area contributed by atoms with Crippen LogP contribution in [0.2, 0.25) is 0 Å². The van der Waals surface area contributed by atoms with Gasteiger partial charge in [-0.15, -0.1) is 0 Å². The van der Waals surface area contributed by atoms with Gasteiger partial charge in [0.25, 0.3) is 0 Å². The molecule has 1 aliphatic heterocycles. The molecule has 6 nitrogen and oxygen atoms in total. The minimum atomic E-state index is -0.802. The fourth-order valence-corrected chi connectivity index (χ4v) is 1.65. The molecule has 1 saturated heterocycles. The average molecular weight is 231 g/mol. The third-order valence-electron chi connectivity index (χ3n) is 2.59. The molecule has 0 aromatic heterocycles. The van der Waals surface area contributed by atoms with Crippen molar-refractivity contribution in [1.82, 2.24) is 10.4 Å². The van der Waals surface area contributed by atoms with Crippen LogP contribution in [0, 0.1) is 0 Å². The molecule has 1 heterocycles. The van der Waals surface area contributed by atoms with Crippen LogP contribution < -0.4 is 11.2 Å². The lowest BCUT2D eigenvalue weighted by Crippen LogP contribution is -2.52. The molecule has 0 amide bonds. The van der Waals surface area contributed by atoms with E-state index in [4.69, 9.17) is 15.6 Å². The van der Waals surface area contributed by atoms with E-state index in [1.807, 2.05) is 5.01 Å². The van der Waals surface area contributed by atoms with Gasteiger partial charge >= 0.3 is 5.97 Å². The van der Waals surface area contributed by atoms with Gasteiger partial charge in [0.05, 0.1) is 13.2 Å². The number of carbonyl (C=O) groups is 1. The van der Waals surface area contributed by atoms with Gasteiger partial charge in [0, 0.05) is 13.1 Å². The summed E-state index contributed by atoms with van der Waals surface area (Å²) in [7, 11) is 0. The van der Waals surface area contributed by atoms with E-state index in [1.165, 1.54) is 0 Å². The Hall–Kier alpha value is -0.690. The second kappa shape index (κ2) is 7.56. The summed E-state index contributed by atoms with van der Waals surface area (Å²) in [5, 5.41) is 11.0. The zero-order valence-electron chi connectivity index (χ0n) is 9.52. The van der Waals surface area contributed by atoms with E-state index in [2.05, 4.69) is 5.43 Å². The fourth-order valence-electron chi connectivity index (χ4n) is 1.65. The van der Waals surface area contributed by atoms with Crippen molar-refractivity contribution in [3.05, 3.63) is 0 Å². The Bertz CT molecular complexity index is 207. The van der Waals surface area contributed by atoms with Gasteiger partial charge in [-0.2, -0.15) is 0 Å². The summed E-state index contributed by atoms with van der Waals surface area (Å²) < 4.78 is 5.19. The van der Waals surface area contributed by atoms with Gasteiger partial charge in [-0.3, -0.25) is 4.79 Å². The van der Waals surface area contributed by atoms with E-state index in [0.29, 0.717) is 26.2 Å². The standard InChI is InChI=1S/C10H21N3O3/c11-4-2-1-3-9(10(14)15)12-13-5-7-16-8-6-13/h9,12H,1-8,11H2,(H,14,15)/t9-/m0/s1. The molecule has 4 N–H and O–H groups in total. The summed E-state index contributed by atoms with van der Waals surface area (Å²) in [4.78, 5) is 11.0. The first kappa shape index (κ1) is 13.4. The Balaban J connectivity index is 2.28. The van der Waals surface area contributed by atoms with Crippen LogP contribution in [-0.2, 0) is 9.53 Å². The lowest BCUT2D eigenvalue weighted by Gasteiger charge is -2.30. The molecule has 0 aromatic carbocycles. The van der Waals surface area contributed by atoms with Crippen molar-refractivity contribution in [2.24, 2.45) is 5.73 Å². The number of rotatable bonds is 7. The Morgan fingerprint density at radius 2 is 2.12 bits per heavy atom. The lowest BCUT2D eigenvalue weighted by atomic mass is 10.1. The van der Waals surface area contributed by atoms with Crippen molar-refractivity contribution in [2.75, 3.05) is 32.8 Å². The van der Waals surface area contributed by atoms with E-state index < -0.39 is 12.0 Å². The average Bonchev–Trinajstić information content (AvgIpc) is 2.29. The first-order valence-corrected chi connectivity index (χ1v) is 5.75. The van der Waals surface area contributed by atoms with Gasteiger partial charge in [-0.05, 0) is 25.8 Å². The van der Waals surface area contributed by atoms with E-state index in [1.54, 1.807) is 0 Å². The summed E-state index contributed by atoms with van der Waals surface area (Å²) in [6, 6.07) is -0.510. The minimum absolute atomic E-state index is 0.510. The van der Waals surface area contributed by atoms with Crippen molar-refractivity contribution in [1.29, 1.82) is 0 Å². The number of nitrogens with two attached hydrogens (primary N) is 1. The smallest absolute Gasteiger partial charge is 0.322 e. The Kier molecular flexibility index (Phi) is 6.32. The van der Waals surface area contributed by atoms with Crippen molar-refractivity contribution in [2.45, 2.75) is 25.3 Å². The molecule has 1 fully saturated rings. The van der Waals surface area contributed by atoms with Gasteiger partial charge in [0.2, 0.25) is 0 Å². The maximum atomic E-state index is 11.0. The number of ether oxygens (including phenoxy) is 1. The zero-order valence-corrected chi connectivity index (χ0v) is 9.52. The van der Waals surface area contributed by atoms with Crippen LogP contribution in [0.1, 0.15) is 19.3 Å². The van der Waals surface area contributed by atoms with E-state index in [-0.39, 0.29) is 0 Å². The molecule has 1 aliphatic rings. The maximum Gasteiger partial charge on any atom is 0.322 e. The summed E-state index contributed by atoms with van der Waals surface area (Å²) in [6.07, 6.45) is 2.32. The van der Waals surface area contributed by atoms with Crippen LogP contribution >= 0.6 is 0 Å². The van der Waals surface area contributed by atoms with Crippen molar-refractivity contribution in [3.8, 4) is 0 Å². The van der Waals surface area contributed by atoms with Crippen molar-refractivity contribution >= 4 is 5.97 Å². The number of hydrazine groups is 1. The normalized spacial score (nSPS) is 19.6. The molecule has 0 aromatic rings. The van der Waals surface area contributed by atoms with Gasteiger partial charge in [0.15, 0.2) is 0 Å². The molecule has 0 saturated carbocycles. The zero-order chi connectivity index (χ0) is 11.8. The molecule has 1 rings (SSSR count). The number of carboxylic acid groups (broad SMARTS) is 1. The second-order valence-electron chi connectivity index (χ2n) is 3.90. The van der Waals surface area contributed by atoms with Crippen molar-refractivity contribution in [3.63, 3.8) is 0 Å². The van der Waals surface area contributed by atoms with Crippen LogP contribution in [0.5, 0.6) is 0 Å². The number of aliphatic carboxylic acids is 1. The molecule has 0 bridgehead atoms. The SMILES string of the molecule is NCCCC[C@H](NN1CCOCC1)C(=O)O. The molecular weight excluding hydrogens is 210 g/mol. The van der Waals surface area contributed by atoms with Crippen molar-refractivity contribution < 1.29 is 14.6 Å². The maximum absolute atomic E-state index is 11.0. The number of morpholine rings is 1. The van der Waals surface area contributed by atoms with E-state index in [0.717, 1.165) is 25.9 Å². The Morgan fingerprint density at radius 3 is 2.69 bits per heavy atom. The van der Waals surface area contributed by atoms with Crippen LogP contribution in [0.25, 0.3) is 0 Å². The monoisotopic (exact) mass is 231 g/mol. The highest BCUT2D eigenvalue weighted by Crippen LogP contribution is 2.03. The topological polar surface area (TPSA) is 87.8 Å². The molecule has 0 spiro atoms. The minimum Gasteiger partial charge on any atom is -0.480 e. The second-order valence-corrected chi connectivity index (χ2v) is 3.90. The van der Waals surface area contributed by atoms with Gasteiger partial charge < -0.3 is 15.6 Å². The van der Waals surface area contributed by atoms with E-state index in [9.17, 15) is 4.79 Å². The van der Waals surface area contributed by atoms with Gasteiger partial charge in [0.1, 0.15) is 6.04 Å². The largest absolute Gasteiger partial charge is 0.480 e. The molecule has 16 heavy (non-hydrogen) atoms. The number of hydrogen-bond acceptors (Lipinski definition) is 5. The first-order valence-electron chi connectivity index (χ1n) is 5.75. The Labute approximate surface area is 95.7 Å². The van der Waals surface area contributed by atoms with Crippen LogP contribution in [-0.4, -0.2) is 55.0 Å². The molecule has 6 heteroatoms. The van der Waals surface area contributed by atoms with Crippen LogP contribution in [0.15, 0.2) is 0 Å². The van der Waals surface area contributed by atoms with Gasteiger partial charge in [-0.1, -0.05) is 0 Å². The number of carboxylic acids is 1. The Morgan fingerprint density at radius 1 is 1.44 bits per heavy atom. The molecule has 0 unspecified atom stereocenters. The first-order chi connectivity index (χ1) is 7.74. The molecule has 0 radical (unpaired) electrons. The van der Waals surface area contributed by atoms with E-state index >= 15 is 0 Å². The number of nitrogens with zero attached hydrogens (tertiary/aromatic N) is 1. The number of hydrogen-bond donors (Lipinski definition) is 3. The molecule has 1 atom stereocenters. The third-order valence-corrected chi connectivity index (χ3v) is 2.59. The molecule has 0 aliphatic carbocycles. The molecule has 94 valence electrons. The predicted octanol–water partition coefficient (Wildman–Crippen LogP) is -0.595. The van der Waals surface area contributed by atoms with Gasteiger partial charge in [-0.25, -0.2) is 10.4 Å². The highest BCUT2D eigenvalue weighted by atomic mass is 16.5.